The van der Waals surface area contributed by atoms with E-state index in [-0.39, 0.29) is 88.7 Å². The third-order valence-corrected chi connectivity index (χ3v) is 15.4. The van der Waals surface area contributed by atoms with Gasteiger partial charge in [0.05, 0.1) is 11.8 Å². The highest BCUT2D eigenvalue weighted by molar-refractivity contribution is 5.94. The minimum Gasteiger partial charge on any atom is -0.342 e. The van der Waals surface area contributed by atoms with Crippen molar-refractivity contribution in [2.45, 2.75) is 114 Å². The van der Waals surface area contributed by atoms with E-state index in [1.165, 1.54) is 10.6 Å². The van der Waals surface area contributed by atoms with Gasteiger partial charge < -0.3 is 9.80 Å². The highest BCUT2D eigenvalue weighted by atomic mass is 19.3. The molecule has 62 heavy (non-hydrogen) atoms. The number of pyridine rings is 2. The van der Waals surface area contributed by atoms with E-state index in [9.17, 15) is 28.0 Å². The summed E-state index contributed by atoms with van der Waals surface area (Å²) in [4.78, 5) is 64.0. The molecule has 2 saturated heterocycles. The first kappa shape index (κ1) is 39.3. The number of carbonyl (C=O) groups is 4. The van der Waals surface area contributed by atoms with Crippen molar-refractivity contribution in [3.8, 4) is 6.07 Å². The molecule has 7 fully saturated rings. The van der Waals surface area contributed by atoms with Crippen molar-refractivity contribution in [1.82, 2.24) is 39.0 Å². The fourth-order valence-corrected chi connectivity index (χ4v) is 11.3. The average molecular weight is 852 g/mol. The Kier molecular flexibility index (Phi) is 9.00. The predicted molar refractivity (Wildman–Crippen MR) is 215 cm³/mol. The van der Waals surface area contributed by atoms with Gasteiger partial charge in [0.25, 0.3) is 5.92 Å². The molecule has 4 amide bonds. The molecule has 4 aromatic rings. The molecule has 4 aromatic heterocycles. The van der Waals surface area contributed by atoms with Gasteiger partial charge in [-0.1, -0.05) is 0 Å². The molecule has 11 rings (SSSR count). The largest absolute Gasteiger partial charge is 0.342 e. The van der Waals surface area contributed by atoms with E-state index in [4.69, 9.17) is 10.4 Å². The first-order valence-electron chi connectivity index (χ1n) is 22.2. The fourth-order valence-electron chi connectivity index (χ4n) is 11.3. The molecule has 0 radical (unpaired) electrons. The minimum absolute atomic E-state index is 0.0320. The van der Waals surface area contributed by atoms with Gasteiger partial charge >= 0.3 is 0 Å². The Morgan fingerprint density at radius 1 is 0.790 bits per heavy atom. The molecule has 0 aromatic carbocycles. The van der Waals surface area contributed by atoms with Gasteiger partial charge in [0.2, 0.25) is 35.5 Å². The lowest BCUT2D eigenvalue weighted by Gasteiger charge is -2.48. The summed E-state index contributed by atoms with van der Waals surface area (Å²) < 4.78 is 46.2. The number of nitrogens with one attached hydrogen (secondary N) is 2. The molecular formula is C44H48F3N11O4. The number of alkyl halides is 2. The number of amides is 4. The Morgan fingerprint density at radius 2 is 1.45 bits per heavy atom. The van der Waals surface area contributed by atoms with Crippen molar-refractivity contribution >= 4 is 46.8 Å². The van der Waals surface area contributed by atoms with Crippen LogP contribution in [0, 0.1) is 45.7 Å². The molecule has 15 nitrogen and oxygen atoms in total. The summed E-state index contributed by atoms with van der Waals surface area (Å²) in [5, 5.41) is 24.0. The second-order valence-electron chi connectivity index (χ2n) is 19.5. The summed E-state index contributed by atoms with van der Waals surface area (Å²) in [7, 11) is 0. The Hall–Kier alpha value is -5.60. The van der Waals surface area contributed by atoms with Gasteiger partial charge in [0, 0.05) is 67.4 Å². The Labute approximate surface area is 354 Å². The van der Waals surface area contributed by atoms with Crippen LogP contribution in [0.5, 0.6) is 0 Å². The summed E-state index contributed by atoms with van der Waals surface area (Å²) >= 11 is 0. The molecule has 2 N–H and O–H groups in total. The molecule has 4 atom stereocenters. The number of halogens is 3. The van der Waals surface area contributed by atoms with Gasteiger partial charge in [-0.05, 0) is 118 Å². The zero-order chi connectivity index (χ0) is 42.7. The second-order valence-corrected chi connectivity index (χ2v) is 19.5. The number of hydrogen-bond donors (Lipinski definition) is 2. The number of fused-ring (bicyclic) bond motifs is 2. The maximum Gasteiger partial charge on any atom is 0.260 e. The van der Waals surface area contributed by atoms with Crippen LogP contribution in [-0.4, -0.2) is 94.7 Å². The molecule has 5 saturated carbocycles. The quantitative estimate of drug-likeness (QED) is 0.206. The van der Waals surface area contributed by atoms with Crippen LogP contribution in [0.1, 0.15) is 125 Å². The lowest BCUT2D eigenvalue weighted by atomic mass is 9.65. The average Bonchev–Trinajstić information content (AvgIpc) is 4.20. The van der Waals surface area contributed by atoms with Crippen molar-refractivity contribution in [2.24, 2.45) is 28.6 Å². The van der Waals surface area contributed by atoms with E-state index < -0.39 is 17.7 Å². The van der Waals surface area contributed by atoms with Crippen LogP contribution in [-0.2, 0) is 19.2 Å². The van der Waals surface area contributed by atoms with Crippen LogP contribution in [0.2, 0.25) is 0 Å². The number of rotatable bonds is 9. The zero-order valence-corrected chi connectivity index (χ0v) is 34.3. The smallest absolute Gasteiger partial charge is 0.260 e. The number of hydrogen-bond acceptors (Lipinski definition) is 9. The molecule has 2 aliphatic heterocycles. The lowest BCUT2D eigenvalue weighted by Crippen LogP contribution is -2.58. The van der Waals surface area contributed by atoms with Gasteiger partial charge in [-0.3, -0.25) is 29.8 Å². The molecule has 4 unspecified atom stereocenters. The van der Waals surface area contributed by atoms with Crippen LogP contribution in [0.15, 0.2) is 24.3 Å². The molecule has 7 aliphatic rings. The number of piperidine rings is 1. The van der Waals surface area contributed by atoms with Crippen molar-refractivity contribution in [2.75, 3.05) is 36.8 Å². The van der Waals surface area contributed by atoms with E-state index in [0.29, 0.717) is 49.6 Å². The number of aromatic nitrogens is 6. The lowest BCUT2D eigenvalue weighted by molar-refractivity contribution is -0.147. The van der Waals surface area contributed by atoms with Gasteiger partial charge in [-0.25, -0.2) is 22.2 Å². The minimum atomic E-state index is -2.89. The maximum absolute atomic E-state index is 15.6. The first-order chi connectivity index (χ1) is 29.8. The molecule has 5 aliphatic carbocycles. The van der Waals surface area contributed by atoms with Crippen LogP contribution in [0.3, 0.4) is 0 Å². The van der Waals surface area contributed by atoms with Gasteiger partial charge in [-0.15, -0.1) is 10.2 Å². The van der Waals surface area contributed by atoms with Crippen molar-refractivity contribution in [3.63, 3.8) is 0 Å². The number of carbonyl (C=O) groups excluding carboxylic acids is 4. The molecular weight excluding hydrogens is 804 g/mol. The van der Waals surface area contributed by atoms with Crippen LogP contribution in [0.4, 0.5) is 25.1 Å². The summed E-state index contributed by atoms with van der Waals surface area (Å²) in [5.74, 6) is -5.61. The van der Waals surface area contributed by atoms with Gasteiger partial charge in [0.15, 0.2) is 11.3 Å². The Bertz CT molecular complexity index is 2570. The highest BCUT2D eigenvalue weighted by Crippen LogP contribution is 2.56. The maximum atomic E-state index is 15.6. The molecule has 324 valence electrons. The second kappa shape index (κ2) is 14.2. The number of nitriles is 1. The molecule has 0 bridgehead atoms. The zero-order valence-electron chi connectivity index (χ0n) is 34.3. The summed E-state index contributed by atoms with van der Waals surface area (Å²) in [6.07, 6.45) is 9.27. The summed E-state index contributed by atoms with van der Waals surface area (Å²) in [5.41, 5.74) is 3.22. The number of likely N-dealkylation sites (tertiary alicyclic amines) is 2. The fraction of sp³-hybridized carbons (Fsp3) is 0.614. The predicted octanol–water partition coefficient (Wildman–Crippen LogP) is 5.93. The SMILES string of the molecule is N#CCC(=O)N1CCC2(CCC(c3c(F)ccc4nc(NC(=O)C5CC5c5cc(C6CCC7(C6)CN(C(=O)C6CC6(F)F)C7)n6nc(NC(=O)C7CC7)nc6c5)nn34)CC2)CC1. The van der Waals surface area contributed by atoms with Crippen LogP contribution < -0.4 is 10.6 Å². The monoisotopic (exact) mass is 851 g/mol. The van der Waals surface area contributed by atoms with E-state index in [0.717, 1.165) is 81.9 Å². The number of anilines is 2. The van der Waals surface area contributed by atoms with Crippen molar-refractivity contribution in [1.29, 1.82) is 5.26 Å². The first-order valence-corrected chi connectivity index (χ1v) is 22.2. The van der Waals surface area contributed by atoms with Gasteiger partial charge in [-0.2, -0.15) is 15.2 Å². The van der Waals surface area contributed by atoms with E-state index >= 15 is 4.39 Å². The van der Waals surface area contributed by atoms with Crippen molar-refractivity contribution in [3.05, 3.63) is 47.0 Å². The third kappa shape index (κ3) is 6.95. The Balaban J connectivity index is 0.778. The van der Waals surface area contributed by atoms with Crippen LogP contribution >= 0.6 is 0 Å². The number of nitrogens with zero attached hydrogens (tertiary/aromatic N) is 9. The van der Waals surface area contributed by atoms with E-state index in [2.05, 4.69) is 31.8 Å². The van der Waals surface area contributed by atoms with E-state index in [1.807, 2.05) is 12.1 Å². The molecule has 2 spiro atoms. The topological polar surface area (TPSA) is 183 Å². The Morgan fingerprint density at radius 3 is 2.15 bits per heavy atom. The summed E-state index contributed by atoms with van der Waals surface area (Å²) in [6.45, 7) is 2.20. The standard InChI is InChI=1S/C44H48F3N11O4/c45-31-3-4-33-49-40(54-58(33)36(31)24-5-9-42(10-6-24)12-15-55(16-13-42)35(59)8-14-48)52-38(61)29-19-28(29)27-17-32(57-34(18-27)50-41(53-57)51-37(60)25-1-2-25)26-7-11-43(20-26)22-56(23-43)39(62)30-21-44(30,46)47/h3-4,17-18,24-26,28-30H,1-2,5-13,15-16,19-23H2,(H,51,53,60)(H,52,54,61). The molecule has 6 heterocycles. The van der Waals surface area contributed by atoms with Crippen LogP contribution in [0.25, 0.3) is 11.3 Å². The van der Waals surface area contributed by atoms with Crippen molar-refractivity contribution < 1.29 is 32.3 Å². The summed E-state index contributed by atoms with van der Waals surface area (Å²) in [6, 6.07) is 8.91. The van der Waals surface area contributed by atoms with Gasteiger partial charge in [0.1, 0.15) is 18.2 Å². The van der Waals surface area contributed by atoms with E-state index in [1.54, 1.807) is 20.4 Å². The highest BCUT2D eigenvalue weighted by Gasteiger charge is 2.64. The molecule has 18 heteroatoms. The third-order valence-electron chi connectivity index (χ3n) is 15.4. The normalized spacial score (nSPS) is 27.0.